The molecule has 0 saturated carbocycles. The van der Waals surface area contributed by atoms with Crippen molar-refractivity contribution >= 4 is 29.0 Å². The summed E-state index contributed by atoms with van der Waals surface area (Å²) in [7, 11) is 1.39. The minimum atomic E-state index is -4.60. The maximum Gasteiger partial charge on any atom is 0.416 e. The highest BCUT2D eigenvalue weighted by molar-refractivity contribution is 6.04. The van der Waals surface area contributed by atoms with Crippen LogP contribution in [0.2, 0.25) is 0 Å². The third-order valence-electron chi connectivity index (χ3n) is 7.02. The van der Waals surface area contributed by atoms with Crippen molar-refractivity contribution in [3.05, 3.63) is 65.9 Å². The highest BCUT2D eigenvalue weighted by atomic mass is 19.4. The van der Waals surface area contributed by atoms with Crippen molar-refractivity contribution in [2.75, 3.05) is 31.3 Å². The second kappa shape index (κ2) is 11.5. The Morgan fingerprint density at radius 3 is 2.67 bits per heavy atom. The molecule has 1 fully saturated rings. The fourth-order valence-electron chi connectivity index (χ4n) is 4.85. The van der Waals surface area contributed by atoms with E-state index in [1.165, 1.54) is 37.3 Å². The number of halogens is 3. The van der Waals surface area contributed by atoms with Crippen LogP contribution >= 0.6 is 0 Å². The number of aliphatic hydroxyl groups is 1. The van der Waals surface area contributed by atoms with Gasteiger partial charge in [-0.25, -0.2) is 15.0 Å². The molecule has 1 aliphatic rings. The number of fused-ring (bicyclic) bond motifs is 1. The van der Waals surface area contributed by atoms with E-state index in [0.29, 0.717) is 22.6 Å². The molecule has 4 heterocycles. The maximum absolute atomic E-state index is 13.1. The number of rotatable bonds is 6. The molecule has 12 nitrogen and oxygen atoms in total. The Morgan fingerprint density at radius 2 is 1.98 bits per heavy atom. The molecule has 1 aromatic carbocycles. The SMILES string of the molecule is COc1cc(C(=O)Nc2cc(C(F)(F)F)ccn2)ccc1-c1nc([C@H]2CN(C(=O)C(C)O)[C@@H](C)CO2)n2ccnc(N)c12. The lowest BCUT2D eigenvalue weighted by Gasteiger charge is -2.38. The number of ether oxygens (including phenoxy) is 2. The number of imidazole rings is 1. The first-order valence-corrected chi connectivity index (χ1v) is 13.1. The minimum absolute atomic E-state index is 0.0894. The molecule has 1 saturated heterocycles. The lowest BCUT2D eigenvalue weighted by Crippen LogP contribution is -2.51. The van der Waals surface area contributed by atoms with Crippen LogP contribution in [-0.2, 0) is 15.7 Å². The van der Waals surface area contributed by atoms with Crippen molar-refractivity contribution in [2.24, 2.45) is 0 Å². The lowest BCUT2D eigenvalue weighted by atomic mass is 10.1. The van der Waals surface area contributed by atoms with Crippen molar-refractivity contribution in [1.29, 1.82) is 0 Å². The first kappa shape index (κ1) is 29.7. The van der Waals surface area contributed by atoms with Crippen molar-refractivity contribution < 1.29 is 37.3 Å². The molecule has 4 aromatic rings. The predicted octanol–water partition coefficient (Wildman–Crippen LogP) is 3.32. The molecule has 3 atom stereocenters. The van der Waals surface area contributed by atoms with Crippen LogP contribution in [0.5, 0.6) is 5.75 Å². The van der Waals surface area contributed by atoms with Crippen LogP contribution < -0.4 is 15.8 Å². The minimum Gasteiger partial charge on any atom is -0.496 e. The fourth-order valence-corrected chi connectivity index (χ4v) is 4.85. The summed E-state index contributed by atoms with van der Waals surface area (Å²) in [5.74, 6) is -0.606. The molecule has 3 aromatic heterocycles. The van der Waals surface area contributed by atoms with Gasteiger partial charge in [0.2, 0.25) is 0 Å². The number of aromatic nitrogens is 4. The lowest BCUT2D eigenvalue weighted by molar-refractivity contribution is -0.152. The molecule has 5 rings (SSSR count). The van der Waals surface area contributed by atoms with Crippen LogP contribution in [0.3, 0.4) is 0 Å². The first-order valence-electron chi connectivity index (χ1n) is 13.1. The average molecular weight is 600 g/mol. The third kappa shape index (κ3) is 5.81. The Labute approximate surface area is 243 Å². The molecule has 226 valence electrons. The number of carbonyl (C=O) groups excluding carboxylic acids is 2. The van der Waals surface area contributed by atoms with E-state index in [9.17, 15) is 27.9 Å². The molecule has 0 bridgehead atoms. The Kier molecular flexibility index (Phi) is 7.94. The second-order valence-corrected chi connectivity index (χ2v) is 9.98. The summed E-state index contributed by atoms with van der Waals surface area (Å²) < 4.78 is 52.6. The molecule has 2 amide bonds. The van der Waals surface area contributed by atoms with Gasteiger partial charge in [0.1, 0.15) is 46.6 Å². The summed E-state index contributed by atoms with van der Waals surface area (Å²) in [6.07, 6.45) is -2.35. The standard InChI is InChI=1S/C28H28F3N7O5/c1-14-13-43-20(12-38(14)27(41)15(2)39)25-36-22(23-24(32)34-8-9-37(23)25)18-5-4-16(10-19(18)42-3)26(40)35-21-11-17(6-7-33-21)28(29,30)31/h4-11,14-15,20,39H,12-13H2,1-3H3,(H2,32,34)(H,33,35,40)/t14-,15?,20+/m0/s1. The zero-order valence-electron chi connectivity index (χ0n) is 23.3. The number of aliphatic hydroxyl groups excluding tert-OH is 1. The molecule has 15 heteroatoms. The van der Waals surface area contributed by atoms with Gasteiger partial charge in [0.05, 0.1) is 31.9 Å². The van der Waals surface area contributed by atoms with Crippen molar-refractivity contribution in [1.82, 2.24) is 24.3 Å². The summed E-state index contributed by atoms with van der Waals surface area (Å²) >= 11 is 0. The molecular weight excluding hydrogens is 571 g/mol. The van der Waals surface area contributed by atoms with Gasteiger partial charge in [-0.1, -0.05) is 0 Å². The number of nitrogens with zero attached hydrogens (tertiary/aromatic N) is 5. The number of nitrogens with one attached hydrogen (secondary N) is 1. The quantitative estimate of drug-likeness (QED) is 0.302. The topological polar surface area (TPSA) is 157 Å². The van der Waals surface area contributed by atoms with E-state index >= 15 is 0 Å². The van der Waals surface area contributed by atoms with Crippen molar-refractivity contribution in [3.63, 3.8) is 0 Å². The Bertz CT molecular complexity index is 1690. The number of nitrogen functional groups attached to an aromatic ring is 1. The van der Waals surface area contributed by atoms with Crippen LogP contribution in [-0.4, -0.2) is 73.6 Å². The fraction of sp³-hybridized carbons (Fsp3) is 0.321. The van der Waals surface area contributed by atoms with Crippen LogP contribution in [0.15, 0.2) is 48.9 Å². The molecule has 0 radical (unpaired) electrons. The summed E-state index contributed by atoms with van der Waals surface area (Å²) in [6, 6.07) is 5.72. The third-order valence-corrected chi connectivity index (χ3v) is 7.02. The van der Waals surface area contributed by atoms with E-state index in [1.54, 1.807) is 16.7 Å². The number of alkyl halides is 3. The highest BCUT2D eigenvalue weighted by Crippen LogP contribution is 2.38. The number of hydrogen-bond donors (Lipinski definition) is 3. The van der Waals surface area contributed by atoms with Gasteiger partial charge in [0.15, 0.2) is 0 Å². The van der Waals surface area contributed by atoms with Crippen LogP contribution in [0.4, 0.5) is 24.8 Å². The number of amides is 2. The number of methoxy groups -OCH3 is 1. The summed E-state index contributed by atoms with van der Waals surface area (Å²) in [4.78, 5) is 39.9. The Balaban J connectivity index is 1.50. The van der Waals surface area contributed by atoms with Crippen molar-refractivity contribution in [3.8, 4) is 17.0 Å². The van der Waals surface area contributed by atoms with Gasteiger partial charge in [-0.15, -0.1) is 0 Å². The summed E-state index contributed by atoms with van der Waals surface area (Å²) in [6.45, 7) is 3.56. The second-order valence-electron chi connectivity index (χ2n) is 9.98. The zero-order valence-corrected chi connectivity index (χ0v) is 23.3. The van der Waals surface area contributed by atoms with Gasteiger partial charge < -0.3 is 30.5 Å². The van der Waals surface area contributed by atoms with E-state index in [2.05, 4.69) is 15.3 Å². The highest BCUT2D eigenvalue weighted by Gasteiger charge is 2.35. The number of benzene rings is 1. The van der Waals surface area contributed by atoms with Gasteiger partial charge in [0, 0.05) is 29.7 Å². The molecule has 1 unspecified atom stereocenters. The van der Waals surface area contributed by atoms with E-state index in [-0.39, 0.29) is 42.1 Å². The predicted molar refractivity (Wildman–Crippen MR) is 148 cm³/mol. The first-order chi connectivity index (χ1) is 20.4. The molecule has 43 heavy (non-hydrogen) atoms. The van der Waals surface area contributed by atoms with Gasteiger partial charge in [-0.2, -0.15) is 13.2 Å². The van der Waals surface area contributed by atoms with Crippen LogP contribution in [0.25, 0.3) is 16.8 Å². The monoisotopic (exact) mass is 599 g/mol. The normalized spacial score (nSPS) is 18.0. The van der Waals surface area contributed by atoms with Gasteiger partial charge in [-0.3, -0.25) is 14.0 Å². The summed E-state index contributed by atoms with van der Waals surface area (Å²) in [5.41, 5.74) is 6.64. The van der Waals surface area contributed by atoms with Gasteiger partial charge in [0.25, 0.3) is 11.8 Å². The van der Waals surface area contributed by atoms with E-state index < -0.39 is 35.8 Å². The number of hydrogen-bond acceptors (Lipinski definition) is 9. The average Bonchev–Trinajstić information content (AvgIpc) is 3.37. The van der Waals surface area contributed by atoms with E-state index in [0.717, 1.165) is 18.3 Å². The number of anilines is 2. The van der Waals surface area contributed by atoms with E-state index in [4.69, 9.17) is 20.2 Å². The summed E-state index contributed by atoms with van der Waals surface area (Å²) in [5, 5.41) is 12.3. The zero-order chi connectivity index (χ0) is 31.1. The molecule has 4 N–H and O–H groups in total. The Hall–Kier alpha value is -4.76. The van der Waals surface area contributed by atoms with E-state index in [1.807, 2.05) is 6.92 Å². The van der Waals surface area contributed by atoms with Gasteiger partial charge in [-0.05, 0) is 44.2 Å². The smallest absolute Gasteiger partial charge is 0.416 e. The molecular formula is C28H28F3N7O5. The van der Waals surface area contributed by atoms with Gasteiger partial charge >= 0.3 is 6.18 Å². The van der Waals surface area contributed by atoms with Crippen LogP contribution in [0, 0.1) is 0 Å². The molecule has 1 aliphatic heterocycles. The largest absolute Gasteiger partial charge is 0.496 e. The Morgan fingerprint density at radius 1 is 1.21 bits per heavy atom. The van der Waals surface area contributed by atoms with Crippen molar-refractivity contribution in [2.45, 2.75) is 38.3 Å². The number of morpholine rings is 1. The molecule has 0 aliphatic carbocycles. The number of nitrogens with two attached hydrogens (primary N) is 1. The van der Waals surface area contributed by atoms with Crippen LogP contribution in [0.1, 0.15) is 41.7 Å². The number of carbonyl (C=O) groups is 2. The number of pyridine rings is 1. The maximum atomic E-state index is 13.1. The molecule has 0 spiro atoms.